The number of fused-ring (bicyclic) bond motifs is 1. The molecular weight excluding hydrogens is 677 g/mol. The van der Waals surface area contributed by atoms with E-state index in [0.29, 0.717) is 11.8 Å². The molecule has 0 aromatic rings. The highest BCUT2D eigenvalue weighted by atomic mass is 32.2. The third-order valence-electron chi connectivity index (χ3n) is 11.9. The molecule has 2 amide bonds. The topological polar surface area (TPSA) is 40.6 Å². The number of hydrogen-bond donors (Lipinski definition) is 0. The Morgan fingerprint density at radius 1 is 0.500 bits per heavy atom. The number of rotatable bonds is 30. The summed E-state index contributed by atoms with van der Waals surface area (Å²) in [4.78, 5) is 34.2. The lowest BCUT2D eigenvalue weighted by atomic mass is 9.93. The van der Waals surface area contributed by atoms with E-state index in [4.69, 9.17) is 0 Å². The van der Waals surface area contributed by atoms with Crippen molar-refractivity contribution in [1.29, 1.82) is 0 Å². The Balaban J connectivity index is 1.61. The van der Waals surface area contributed by atoms with Gasteiger partial charge in [0.1, 0.15) is 0 Å². The molecule has 52 heavy (non-hydrogen) atoms. The first kappa shape index (κ1) is 43.3. The van der Waals surface area contributed by atoms with Crippen LogP contribution in [0.2, 0.25) is 0 Å². The van der Waals surface area contributed by atoms with Gasteiger partial charge >= 0.3 is 0 Å². The first-order valence-corrected chi connectivity index (χ1v) is 24.3. The van der Waals surface area contributed by atoms with Gasteiger partial charge in [0.25, 0.3) is 11.8 Å². The van der Waals surface area contributed by atoms with Crippen molar-refractivity contribution in [2.24, 2.45) is 11.8 Å². The second-order valence-electron chi connectivity index (χ2n) is 16.3. The summed E-state index contributed by atoms with van der Waals surface area (Å²) in [5.41, 5.74) is 3.57. The van der Waals surface area contributed by atoms with Gasteiger partial charge in [-0.1, -0.05) is 180 Å². The van der Waals surface area contributed by atoms with Crippen LogP contribution >= 0.6 is 23.5 Å². The van der Waals surface area contributed by atoms with Crippen LogP contribution in [0.1, 0.15) is 182 Å². The van der Waals surface area contributed by atoms with Crippen LogP contribution in [-0.4, -0.2) is 56.7 Å². The molecule has 6 heteroatoms. The van der Waals surface area contributed by atoms with Crippen molar-refractivity contribution in [1.82, 2.24) is 9.80 Å². The summed E-state index contributed by atoms with van der Waals surface area (Å²) in [7, 11) is 0. The fourth-order valence-corrected chi connectivity index (χ4v) is 11.0. The van der Waals surface area contributed by atoms with Crippen LogP contribution in [-0.2, 0) is 9.59 Å². The lowest BCUT2D eigenvalue weighted by molar-refractivity contribution is -0.125. The number of carbonyl (C=O) groups excluding carboxylic acids is 2. The molecule has 4 nitrogen and oxygen atoms in total. The molecule has 0 saturated heterocycles. The van der Waals surface area contributed by atoms with Crippen molar-refractivity contribution in [3.8, 4) is 0 Å². The third kappa shape index (κ3) is 12.8. The monoisotopic (exact) mass is 753 g/mol. The highest BCUT2D eigenvalue weighted by Crippen LogP contribution is 2.48. The van der Waals surface area contributed by atoms with Crippen molar-refractivity contribution in [2.75, 3.05) is 24.6 Å². The maximum absolute atomic E-state index is 15.0. The number of hydrogen-bond acceptors (Lipinski definition) is 4. The molecule has 294 valence electrons. The average molecular weight is 753 g/mol. The van der Waals surface area contributed by atoms with E-state index in [-0.39, 0.29) is 22.3 Å². The molecule has 0 fully saturated rings. The molecule has 4 unspecified atom stereocenters. The Bertz CT molecular complexity index is 1110. The smallest absolute Gasteiger partial charge is 0.260 e. The van der Waals surface area contributed by atoms with Crippen LogP contribution in [0, 0.1) is 11.8 Å². The van der Waals surface area contributed by atoms with Crippen LogP contribution in [0.15, 0.2) is 46.8 Å². The highest BCUT2D eigenvalue weighted by molar-refractivity contribution is 8.00. The number of nitrogens with zero attached hydrogens (tertiary/aromatic N) is 2. The molecule has 4 heterocycles. The fraction of sp³-hybridized carbons (Fsp3) is 0.783. The van der Waals surface area contributed by atoms with Crippen LogP contribution in [0.3, 0.4) is 0 Å². The third-order valence-corrected chi connectivity index (χ3v) is 14.2. The molecule has 0 aliphatic carbocycles. The van der Waals surface area contributed by atoms with E-state index in [1.54, 1.807) is 0 Å². The summed E-state index contributed by atoms with van der Waals surface area (Å²) in [6.07, 6.45) is 39.5. The molecule has 0 N–H and O–H groups in total. The number of thioether (sulfide) groups is 2. The minimum absolute atomic E-state index is 0.0797. The van der Waals surface area contributed by atoms with E-state index in [1.807, 2.05) is 23.5 Å². The summed E-state index contributed by atoms with van der Waals surface area (Å²) in [6.45, 7) is 10.7. The molecule has 0 radical (unpaired) electrons. The largest absolute Gasteiger partial charge is 0.309 e. The van der Waals surface area contributed by atoms with Gasteiger partial charge in [-0.05, 0) is 37.5 Å². The zero-order valence-corrected chi connectivity index (χ0v) is 35.6. The van der Waals surface area contributed by atoms with Gasteiger partial charge in [-0.15, -0.1) is 23.5 Å². The number of amides is 2. The first-order chi connectivity index (χ1) is 25.5. The van der Waals surface area contributed by atoms with Gasteiger partial charge in [0.2, 0.25) is 0 Å². The lowest BCUT2D eigenvalue weighted by Gasteiger charge is -2.32. The average Bonchev–Trinajstić information content (AvgIpc) is 3.96. The van der Waals surface area contributed by atoms with Gasteiger partial charge in [0.05, 0.1) is 33.0 Å². The van der Waals surface area contributed by atoms with Gasteiger partial charge < -0.3 is 9.80 Å². The molecular formula is C46H76N2O2S2. The first-order valence-electron chi connectivity index (χ1n) is 22.2. The van der Waals surface area contributed by atoms with Crippen molar-refractivity contribution in [3.05, 3.63) is 46.8 Å². The summed E-state index contributed by atoms with van der Waals surface area (Å²) < 4.78 is 0. The normalized spacial score (nSPS) is 21.2. The predicted molar refractivity (Wildman–Crippen MR) is 229 cm³/mol. The minimum atomic E-state index is 0.0797. The van der Waals surface area contributed by atoms with E-state index in [1.165, 1.54) is 154 Å². The van der Waals surface area contributed by atoms with Crippen LogP contribution in [0.25, 0.3) is 0 Å². The second kappa shape index (κ2) is 24.9. The number of unbranched alkanes of at least 4 members (excludes halogenated alkanes) is 16. The molecule has 4 rings (SSSR count). The zero-order chi connectivity index (χ0) is 37.0. The summed E-state index contributed by atoms with van der Waals surface area (Å²) in [5, 5.41) is 0.159. The van der Waals surface area contributed by atoms with Gasteiger partial charge in [0, 0.05) is 24.6 Å². The highest BCUT2D eigenvalue weighted by Gasteiger charge is 2.51. The van der Waals surface area contributed by atoms with Crippen molar-refractivity contribution < 1.29 is 9.59 Å². The molecule has 0 spiro atoms. The summed E-state index contributed by atoms with van der Waals surface area (Å²) in [5.74, 6) is 3.11. The lowest BCUT2D eigenvalue weighted by Crippen LogP contribution is -2.38. The predicted octanol–water partition coefficient (Wildman–Crippen LogP) is 13.2. The maximum Gasteiger partial charge on any atom is 0.260 e. The quantitative estimate of drug-likeness (QED) is 0.0541. The number of carbonyl (C=O) groups is 2. The van der Waals surface area contributed by atoms with Crippen LogP contribution < -0.4 is 0 Å². The van der Waals surface area contributed by atoms with E-state index in [2.05, 4.69) is 61.8 Å². The maximum atomic E-state index is 15.0. The second-order valence-corrected chi connectivity index (χ2v) is 18.6. The fourth-order valence-electron chi connectivity index (χ4n) is 8.85. The Morgan fingerprint density at radius 2 is 0.808 bits per heavy atom. The Morgan fingerprint density at radius 3 is 1.12 bits per heavy atom. The molecule has 0 bridgehead atoms. The van der Waals surface area contributed by atoms with Gasteiger partial charge in [0.15, 0.2) is 0 Å². The van der Waals surface area contributed by atoms with Gasteiger partial charge in [-0.2, -0.15) is 0 Å². The van der Waals surface area contributed by atoms with Crippen LogP contribution in [0.5, 0.6) is 0 Å². The standard InChI is InChI=1S/C46H76N2O2S2/c1-5-9-13-17-19-23-29-37(27-21-15-11-7-3)35-47-43(39-31-25-33-51-39)41-42(45(47)49)44(40-32-26-34-52-40)48(46(41)50)36-38(28-22-16-12-8-4)30-24-20-18-14-10-6-2/h25-26,31-32,37-40H,5-24,27-30,33-36H2,1-4H3. The SMILES string of the molecule is CCCCCCCCC(CCCCCC)CN1C(=O)C2=C(C3C=CCS3)N(CC(CCCCCC)CCCCCCCC)C(=O)C2=C1C1C=CCS1. The van der Waals surface area contributed by atoms with Crippen molar-refractivity contribution in [2.45, 2.75) is 192 Å². The Kier molecular flexibility index (Phi) is 20.7. The van der Waals surface area contributed by atoms with E-state index in [0.717, 1.165) is 47.1 Å². The van der Waals surface area contributed by atoms with Crippen molar-refractivity contribution in [3.63, 3.8) is 0 Å². The summed E-state index contributed by atoms with van der Waals surface area (Å²) in [6, 6.07) is 0. The molecule has 4 aliphatic rings. The van der Waals surface area contributed by atoms with E-state index >= 15 is 0 Å². The molecule has 4 aliphatic heterocycles. The van der Waals surface area contributed by atoms with Crippen LogP contribution in [0.4, 0.5) is 0 Å². The molecule has 0 aromatic carbocycles. The molecule has 4 atom stereocenters. The summed E-state index contributed by atoms with van der Waals surface area (Å²) >= 11 is 3.77. The minimum Gasteiger partial charge on any atom is -0.309 e. The van der Waals surface area contributed by atoms with Crippen molar-refractivity contribution >= 4 is 35.3 Å². The van der Waals surface area contributed by atoms with Gasteiger partial charge in [-0.25, -0.2) is 0 Å². The van der Waals surface area contributed by atoms with E-state index in [9.17, 15) is 9.59 Å². The molecule has 0 saturated carbocycles. The molecule has 0 aromatic heterocycles. The van der Waals surface area contributed by atoms with E-state index < -0.39 is 0 Å². The van der Waals surface area contributed by atoms with Gasteiger partial charge in [-0.3, -0.25) is 9.59 Å². The Labute approximate surface area is 328 Å². The zero-order valence-electron chi connectivity index (χ0n) is 33.9. The Hall–Kier alpha value is -1.40.